The Morgan fingerprint density at radius 2 is 1.69 bits per heavy atom. The fourth-order valence-electron chi connectivity index (χ4n) is 5.00. The summed E-state index contributed by atoms with van der Waals surface area (Å²) in [5.74, 6) is 0.458. The number of methoxy groups -OCH3 is 1. The first-order valence-electron chi connectivity index (χ1n) is 12.2. The Labute approximate surface area is 212 Å². The fraction of sp³-hybridized carbons (Fsp3) is 0.233. The zero-order chi connectivity index (χ0) is 25.1. The van der Waals surface area contributed by atoms with Gasteiger partial charge in [0.1, 0.15) is 12.3 Å². The third kappa shape index (κ3) is 5.50. The molecule has 0 aliphatic heterocycles. The van der Waals surface area contributed by atoms with Gasteiger partial charge in [-0.2, -0.15) is 4.57 Å². The third-order valence-corrected chi connectivity index (χ3v) is 7.59. The van der Waals surface area contributed by atoms with Gasteiger partial charge in [0.2, 0.25) is 11.2 Å². The molecule has 0 bridgehead atoms. The summed E-state index contributed by atoms with van der Waals surface area (Å²) >= 11 is 0. The fourth-order valence-corrected chi connectivity index (χ4v) is 5.56. The molecule has 0 radical (unpaired) electrons. The number of hydrogen-bond donors (Lipinski definition) is 0. The molecule has 36 heavy (non-hydrogen) atoms. The molecule has 0 saturated carbocycles. The van der Waals surface area contributed by atoms with Crippen molar-refractivity contribution in [3.8, 4) is 16.9 Å². The number of rotatable bonds is 8. The van der Waals surface area contributed by atoms with Crippen molar-refractivity contribution in [3.63, 3.8) is 0 Å². The summed E-state index contributed by atoms with van der Waals surface area (Å²) in [6, 6.07) is 27.4. The Balaban J connectivity index is 1.45. The van der Waals surface area contributed by atoms with Crippen LogP contribution in [0.25, 0.3) is 28.1 Å². The van der Waals surface area contributed by atoms with Gasteiger partial charge >= 0.3 is 0 Å². The van der Waals surface area contributed by atoms with Crippen molar-refractivity contribution < 1.29 is 22.3 Å². The van der Waals surface area contributed by atoms with Crippen LogP contribution in [0.2, 0.25) is 0 Å². The Morgan fingerprint density at radius 3 is 2.47 bits per heavy atom. The largest absolute Gasteiger partial charge is 0.748 e. The van der Waals surface area contributed by atoms with Crippen LogP contribution >= 0.6 is 0 Å². The lowest BCUT2D eigenvalue weighted by atomic mass is 10.0. The van der Waals surface area contributed by atoms with Gasteiger partial charge in [-0.15, -0.1) is 0 Å². The van der Waals surface area contributed by atoms with Crippen molar-refractivity contribution in [2.24, 2.45) is 0 Å². The van der Waals surface area contributed by atoms with E-state index in [-0.39, 0.29) is 5.75 Å². The number of pyridine rings is 1. The number of fused-ring (bicyclic) bond motifs is 2. The standard InChI is InChI=1S/C30H29NO4S/c1-35-29-13-14-30-26(21-29)11-12-28(31(30)15-5-6-16-36(32,33)34)19-22-17-24-9-10-25(20-27(24)18-22)23-7-3-2-4-8-23/h2-4,7-14,19-21H,5-6,15-18H2,1H3/b22-19+. The summed E-state index contributed by atoms with van der Waals surface area (Å²) in [4.78, 5) is 0. The molecule has 0 atom stereocenters. The molecular formula is C30H29NO4S. The van der Waals surface area contributed by atoms with Gasteiger partial charge in [-0.1, -0.05) is 54.1 Å². The van der Waals surface area contributed by atoms with Crippen molar-refractivity contribution in [1.29, 1.82) is 0 Å². The summed E-state index contributed by atoms with van der Waals surface area (Å²) < 4.78 is 40.8. The zero-order valence-electron chi connectivity index (χ0n) is 20.3. The van der Waals surface area contributed by atoms with Gasteiger partial charge in [0.15, 0.2) is 0 Å². The van der Waals surface area contributed by atoms with Crippen molar-refractivity contribution in [2.45, 2.75) is 32.2 Å². The second-order valence-corrected chi connectivity index (χ2v) is 10.8. The Hall–Kier alpha value is -3.48. The number of nitrogens with zero attached hydrogens (tertiary/aromatic N) is 1. The van der Waals surface area contributed by atoms with E-state index in [1.165, 1.54) is 27.8 Å². The average molecular weight is 500 g/mol. The molecule has 184 valence electrons. The number of ether oxygens (including phenoxy) is 1. The van der Waals surface area contributed by atoms with Gasteiger partial charge in [-0.25, -0.2) is 8.42 Å². The van der Waals surface area contributed by atoms with Crippen LogP contribution in [0, 0.1) is 0 Å². The summed E-state index contributed by atoms with van der Waals surface area (Å²) in [6.07, 6.45) is 5.03. The SMILES string of the molecule is COc1ccc2c(ccc(/C=C3\Cc4ccc(-c5ccccc5)cc4C3)[n+]2CCCCS(=O)(=O)[O-])c1. The Bertz CT molecular complexity index is 1540. The van der Waals surface area contributed by atoms with Crippen LogP contribution in [-0.4, -0.2) is 25.8 Å². The minimum Gasteiger partial charge on any atom is -0.748 e. The maximum Gasteiger partial charge on any atom is 0.213 e. The highest BCUT2D eigenvalue weighted by atomic mass is 32.2. The minimum absolute atomic E-state index is 0.332. The summed E-state index contributed by atoms with van der Waals surface area (Å²) in [5.41, 5.74) is 8.65. The van der Waals surface area contributed by atoms with E-state index in [0.717, 1.165) is 35.2 Å². The monoisotopic (exact) mass is 499 g/mol. The highest BCUT2D eigenvalue weighted by molar-refractivity contribution is 7.85. The molecule has 5 nitrogen and oxygen atoms in total. The molecule has 0 fully saturated rings. The van der Waals surface area contributed by atoms with Crippen LogP contribution in [0.3, 0.4) is 0 Å². The second kappa shape index (κ2) is 10.2. The van der Waals surface area contributed by atoms with E-state index in [2.05, 4.69) is 65.2 Å². The van der Waals surface area contributed by atoms with Crippen molar-refractivity contribution in [1.82, 2.24) is 0 Å². The lowest BCUT2D eigenvalue weighted by molar-refractivity contribution is -0.673. The first-order valence-corrected chi connectivity index (χ1v) is 13.8. The van der Waals surface area contributed by atoms with Crippen LogP contribution in [-0.2, 0) is 29.5 Å². The zero-order valence-corrected chi connectivity index (χ0v) is 21.1. The van der Waals surface area contributed by atoms with E-state index < -0.39 is 10.1 Å². The molecular weight excluding hydrogens is 470 g/mol. The number of unbranched alkanes of at least 4 members (excludes halogenated alkanes) is 1. The third-order valence-electron chi connectivity index (χ3n) is 6.80. The molecule has 3 aromatic carbocycles. The summed E-state index contributed by atoms with van der Waals surface area (Å²) in [5, 5.41) is 1.05. The van der Waals surface area contributed by atoms with Crippen LogP contribution in [0.5, 0.6) is 5.75 Å². The maximum atomic E-state index is 11.1. The number of allylic oxidation sites excluding steroid dienone is 1. The summed E-state index contributed by atoms with van der Waals surface area (Å²) in [6.45, 7) is 0.628. The Morgan fingerprint density at radius 1 is 0.889 bits per heavy atom. The van der Waals surface area contributed by atoms with Crippen molar-refractivity contribution in [2.75, 3.05) is 12.9 Å². The van der Waals surface area contributed by atoms with Crippen molar-refractivity contribution >= 4 is 27.1 Å². The normalized spacial score (nSPS) is 14.3. The number of hydrogen-bond acceptors (Lipinski definition) is 4. The van der Waals surface area contributed by atoms with Crippen LogP contribution in [0.1, 0.15) is 29.7 Å². The topological polar surface area (TPSA) is 70.3 Å². The van der Waals surface area contributed by atoms with Crippen LogP contribution < -0.4 is 9.30 Å². The molecule has 0 amide bonds. The molecule has 0 N–H and O–H groups in total. The molecule has 5 rings (SSSR count). The molecule has 1 aliphatic rings. The summed E-state index contributed by atoms with van der Waals surface area (Å²) in [7, 11) is -2.55. The van der Waals surface area contributed by atoms with E-state index >= 15 is 0 Å². The van der Waals surface area contributed by atoms with E-state index in [4.69, 9.17) is 4.74 Å². The van der Waals surface area contributed by atoms with E-state index in [1.807, 2.05) is 24.3 Å². The quantitative estimate of drug-likeness (QED) is 0.187. The lowest BCUT2D eigenvalue weighted by Crippen LogP contribution is -2.38. The molecule has 1 heterocycles. The average Bonchev–Trinajstić information content (AvgIpc) is 3.28. The van der Waals surface area contributed by atoms with Gasteiger partial charge in [0.05, 0.1) is 22.6 Å². The van der Waals surface area contributed by atoms with Gasteiger partial charge in [-0.05, 0) is 59.7 Å². The van der Waals surface area contributed by atoms with E-state index in [1.54, 1.807) is 7.11 Å². The lowest BCUT2D eigenvalue weighted by Gasteiger charge is -2.09. The van der Waals surface area contributed by atoms with Gasteiger partial charge in [0.25, 0.3) is 0 Å². The molecule has 1 aromatic heterocycles. The van der Waals surface area contributed by atoms with Crippen LogP contribution in [0.15, 0.2) is 84.4 Å². The Kier molecular flexibility index (Phi) is 6.90. The van der Waals surface area contributed by atoms with Gasteiger partial charge < -0.3 is 9.29 Å². The predicted octanol–water partition coefficient (Wildman–Crippen LogP) is 5.31. The number of benzene rings is 3. The minimum atomic E-state index is -4.20. The number of aromatic nitrogens is 1. The second-order valence-electron chi connectivity index (χ2n) is 9.31. The highest BCUT2D eigenvalue weighted by Gasteiger charge is 2.20. The van der Waals surface area contributed by atoms with Crippen LogP contribution in [0.4, 0.5) is 0 Å². The first kappa shape index (κ1) is 24.2. The van der Waals surface area contributed by atoms with Crippen molar-refractivity contribution in [3.05, 3.63) is 101 Å². The molecule has 0 unspecified atom stereocenters. The highest BCUT2D eigenvalue weighted by Crippen LogP contribution is 2.31. The molecule has 0 spiro atoms. The smallest absolute Gasteiger partial charge is 0.213 e. The molecule has 6 heteroatoms. The predicted molar refractivity (Wildman–Crippen MR) is 142 cm³/mol. The maximum absolute atomic E-state index is 11.1. The van der Waals surface area contributed by atoms with E-state index in [0.29, 0.717) is 19.4 Å². The molecule has 4 aromatic rings. The molecule has 0 saturated heterocycles. The van der Waals surface area contributed by atoms with E-state index in [9.17, 15) is 13.0 Å². The van der Waals surface area contributed by atoms with Gasteiger partial charge in [0, 0.05) is 30.4 Å². The first-order chi connectivity index (χ1) is 17.4. The van der Waals surface area contributed by atoms with Gasteiger partial charge in [-0.3, -0.25) is 0 Å². The number of aryl methyl sites for hydroxylation is 1. The molecule has 1 aliphatic carbocycles.